The molecule has 0 aliphatic carbocycles. The summed E-state index contributed by atoms with van der Waals surface area (Å²) in [7, 11) is 0. The number of nitrogens with one attached hydrogen (secondary N) is 1. The molecule has 1 unspecified atom stereocenters. The molecule has 148 valence electrons. The van der Waals surface area contributed by atoms with Crippen LogP contribution in [0.5, 0.6) is 0 Å². The van der Waals surface area contributed by atoms with Crippen LogP contribution in [0.15, 0.2) is 65.3 Å². The van der Waals surface area contributed by atoms with Crippen molar-refractivity contribution in [1.82, 2.24) is 5.32 Å². The zero-order valence-corrected chi connectivity index (χ0v) is 16.5. The first-order valence-electron chi connectivity index (χ1n) is 9.51. The van der Waals surface area contributed by atoms with Gasteiger partial charge < -0.3 is 5.32 Å². The molecule has 1 atom stereocenters. The second-order valence-electron chi connectivity index (χ2n) is 6.84. The Morgan fingerprint density at radius 3 is 2.59 bits per heavy atom. The van der Waals surface area contributed by atoms with Gasteiger partial charge in [-0.15, -0.1) is 0 Å². The van der Waals surface area contributed by atoms with Crippen molar-refractivity contribution in [2.45, 2.75) is 24.5 Å². The van der Waals surface area contributed by atoms with Crippen molar-refractivity contribution >= 4 is 40.5 Å². The molecule has 1 N–H and O–H groups in total. The molecule has 2 amide bonds. The fraction of sp³-hybridized carbons (Fsp3) is 0.227. The van der Waals surface area contributed by atoms with E-state index in [0.29, 0.717) is 17.4 Å². The van der Waals surface area contributed by atoms with E-state index in [1.165, 1.54) is 28.8 Å². The maximum atomic E-state index is 13.4. The molecule has 7 heteroatoms. The Balaban J connectivity index is 1.69. The lowest BCUT2D eigenvalue weighted by atomic mass is 10.2. The molecule has 2 aromatic rings. The van der Waals surface area contributed by atoms with Gasteiger partial charge in [-0.1, -0.05) is 48.5 Å². The van der Waals surface area contributed by atoms with E-state index in [2.05, 4.69) is 10.3 Å². The molecule has 2 aliphatic rings. The molecular weight excluding hydrogens is 389 g/mol. The number of anilines is 1. The smallest absolute Gasteiger partial charge is 0.283 e. The van der Waals surface area contributed by atoms with Crippen LogP contribution in [0, 0.1) is 5.82 Å². The summed E-state index contributed by atoms with van der Waals surface area (Å²) in [6.07, 6.45) is 4.31. The van der Waals surface area contributed by atoms with E-state index in [0.717, 1.165) is 24.8 Å². The third-order valence-corrected chi connectivity index (χ3v) is 5.97. The van der Waals surface area contributed by atoms with Crippen molar-refractivity contribution in [2.24, 2.45) is 4.99 Å². The van der Waals surface area contributed by atoms with Gasteiger partial charge in [-0.2, -0.15) is 0 Å². The lowest BCUT2D eigenvalue weighted by molar-refractivity contribution is -0.120. The monoisotopic (exact) mass is 409 g/mol. The summed E-state index contributed by atoms with van der Waals surface area (Å²) in [5.74, 6) is -0.714. The molecule has 0 spiro atoms. The predicted molar refractivity (Wildman–Crippen MR) is 114 cm³/mol. The topological polar surface area (TPSA) is 61.8 Å². The number of carbonyl (C=O) groups is 2. The summed E-state index contributed by atoms with van der Waals surface area (Å²) in [6.45, 7) is 0.669. The second kappa shape index (κ2) is 8.61. The number of amides is 2. The largest absolute Gasteiger partial charge is 0.355 e. The van der Waals surface area contributed by atoms with Crippen molar-refractivity contribution in [3.05, 3.63) is 71.7 Å². The number of aliphatic imine (C=N–C) groups is 1. The SMILES string of the molecule is O=C1NCCCCC1SC1=N/C(=C/c2ccccc2)C(=O)N1c1ccc(F)cc1. The fourth-order valence-electron chi connectivity index (χ4n) is 3.25. The van der Waals surface area contributed by atoms with Crippen molar-refractivity contribution < 1.29 is 14.0 Å². The molecule has 5 nitrogen and oxygen atoms in total. The van der Waals surface area contributed by atoms with Crippen LogP contribution in [0.3, 0.4) is 0 Å². The number of rotatable bonds is 3. The van der Waals surface area contributed by atoms with E-state index in [-0.39, 0.29) is 28.6 Å². The van der Waals surface area contributed by atoms with Crippen molar-refractivity contribution in [3.8, 4) is 0 Å². The van der Waals surface area contributed by atoms with Crippen LogP contribution >= 0.6 is 11.8 Å². The highest BCUT2D eigenvalue weighted by atomic mass is 32.2. The van der Waals surface area contributed by atoms with E-state index in [9.17, 15) is 14.0 Å². The molecule has 2 aliphatic heterocycles. The van der Waals surface area contributed by atoms with Gasteiger partial charge in [-0.3, -0.25) is 14.5 Å². The highest BCUT2D eigenvalue weighted by Crippen LogP contribution is 2.33. The molecule has 2 aromatic carbocycles. The highest BCUT2D eigenvalue weighted by molar-refractivity contribution is 8.15. The first-order chi connectivity index (χ1) is 14.1. The minimum absolute atomic E-state index is 0.0396. The van der Waals surface area contributed by atoms with Crippen LogP contribution in [0.4, 0.5) is 10.1 Å². The number of benzene rings is 2. The van der Waals surface area contributed by atoms with E-state index in [1.807, 2.05) is 30.3 Å². The first kappa shape index (κ1) is 19.4. The average Bonchev–Trinajstić information content (AvgIpc) is 2.88. The molecule has 0 radical (unpaired) electrons. The Morgan fingerprint density at radius 2 is 1.83 bits per heavy atom. The summed E-state index contributed by atoms with van der Waals surface area (Å²) in [5, 5.41) is 3.03. The number of hydrogen-bond acceptors (Lipinski definition) is 4. The first-order valence-corrected chi connectivity index (χ1v) is 10.4. The normalized spacial score (nSPS) is 21.1. The number of nitrogens with zero attached hydrogens (tertiary/aromatic N) is 2. The molecular formula is C22H20FN3O2S. The number of halogens is 1. The van der Waals surface area contributed by atoms with Gasteiger partial charge in [0.2, 0.25) is 5.91 Å². The Bertz CT molecular complexity index is 973. The van der Waals surface area contributed by atoms with E-state index >= 15 is 0 Å². The van der Waals surface area contributed by atoms with Crippen molar-refractivity contribution in [2.75, 3.05) is 11.4 Å². The number of thioether (sulfide) groups is 1. The molecule has 1 fully saturated rings. The van der Waals surface area contributed by atoms with Crippen molar-refractivity contribution in [1.29, 1.82) is 0 Å². The maximum absolute atomic E-state index is 13.4. The summed E-state index contributed by atoms with van der Waals surface area (Å²) in [4.78, 5) is 31.5. The van der Waals surface area contributed by atoms with Gasteiger partial charge in [0.15, 0.2) is 5.17 Å². The third-order valence-electron chi connectivity index (χ3n) is 4.75. The van der Waals surface area contributed by atoms with Gasteiger partial charge >= 0.3 is 0 Å². The van der Waals surface area contributed by atoms with Gasteiger partial charge in [-0.25, -0.2) is 9.38 Å². The Labute approximate surface area is 172 Å². The second-order valence-corrected chi connectivity index (χ2v) is 8.01. The van der Waals surface area contributed by atoms with E-state index in [1.54, 1.807) is 18.2 Å². The standard InChI is InChI=1S/C22H20FN3O2S/c23-16-9-11-17(12-10-16)26-21(28)18(14-15-6-2-1-3-7-15)25-22(26)29-19-8-4-5-13-24-20(19)27/h1-3,6-7,9-12,14,19H,4-5,8,13H2,(H,24,27)/b18-14+. The Hall–Kier alpha value is -2.93. The van der Waals surface area contributed by atoms with Gasteiger partial charge in [0, 0.05) is 6.54 Å². The number of hydrogen-bond donors (Lipinski definition) is 1. The van der Waals surface area contributed by atoms with Crippen LogP contribution in [-0.2, 0) is 9.59 Å². The summed E-state index contributed by atoms with van der Waals surface area (Å²) in [5.41, 5.74) is 1.67. The van der Waals surface area contributed by atoms with E-state index in [4.69, 9.17) is 0 Å². The Kier molecular flexibility index (Phi) is 5.76. The Morgan fingerprint density at radius 1 is 1.07 bits per heavy atom. The zero-order chi connectivity index (χ0) is 20.2. The van der Waals surface area contributed by atoms with Crippen LogP contribution in [0.25, 0.3) is 6.08 Å². The molecule has 29 heavy (non-hydrogen) atoms. The van der Waals surface area contributed by atoms with Gasteiger partial charge in [0.05, 0.1) is 10.9 Å². The third kappa shape index (κ3) is 4.40. The average molecular weight is 409 g/mol. The lowest BCUT2D eigenvalue weighted by Gasteiger charge is -2.20. The summed E-state index contributed by atoms with van der Waals surface area (Å²) >= 11 is 1.28. The quantitative estimate of drug-likeness (QED) is 0.781. The predicted octanol–water partition coefficient (Wildman–Crippen LogP) is 3.97. The number of amidine groups is 1. The number of carbonyl (C=O) groups excluding carboxylic acids is 2. The van der Waals surface area contributed by atoms with E-state index < -0.39 is 0 Å². The molecule has 1 saturated heterocycles. The fourth-order valence-corrected chi connectivity index (χ4v) is 4.43. The summed E-state index contributed by atoms with van der Waals surface area (Å²) < 4.78 is 13.4. The minimum atomic E-state index is -0.380. The highest BCUT2D eigenvalue weighted by Gasteiger charge is 2.35. The molecule has 0 bridgehead atoms. The molecule has 2 heterocycles. The van der Waals surface area contributed by atoms with Gasteiger partial charge in [0.1, 0.15) is 11.5 Å². The van der Waals surface area contributed by atoms with Gasteiger partial charge in [-0.05, 0) is 48.7 Å². The van der Waals surface area contributed by atoms with Crippen LogP contribution in [0.2, 0.25) is 0 Å². The molecule has 4 rings (SSSR count). The van der Waals surface area contributed by atoms with Crippen LogP contribution < -0.4 is 10.2 Å². The minimum Gasteiger partial charge on any atom is -0.355 e. The molecule has 0 aromatic heterocycles. The summed E-state index contributed by atoms with van der Waals surface area (Å²) in [6, 6.07) is 15.2. The van der Waals surface area contributed by atoms with Gasteiger partial charge in [0.25, 0.3) is 5.91 Å². The maximum Gasteiger partial charge on any atom is 0.283 e. The lowest BCUT2D eigenvalue weighted by Crippen LogP contribution is -2.35. The molecule has 0 saturated carbocycles. The zero-order valence-electron chi connectivity index (χ0n) is 15.7. The van der Waals surface area contributed by atoms with Crippen molar-refractivity contribution in [3.63, 3.8) is 0 Å². The van der Waals surface area contributed by atoms with Crippen LogP contribution in [0.1, 0.15) is 24.8 Å². The van der Waals surface area contributed by atoms with Crippen LogP contribution in [-0.4, -0.2) is 28.8 Å².